The SMILES string of the molecule is Cc1nc2c(o1)CCCC2Cc1nc(C2CCCC2(C)C)no1. The Morgan fingerprint density at radius 2 is 2.04 bits per heavy atom. The van der Waals surface area contributed by atoms with Gasteiger partial charge in [0.1, 0.15) is 5.76 Å². The Kier molecular flexibility index (Phi) is 3.54. The summed E-state index contributed by atoms with van der Waals surface area (Å²) < 4.78 is 11.3. The standard InChI is InChI=1S/C18H25N3O2/c1-11-19-16-12(6-4-8-14(16)22-11)10-15-20-17(21-23-15)13-7-5-9-18(13,2)3/h12-13H,4-10H2,1-3H3. The summed E-state index contributed by atoms with van der Waals surface area (Å²) in [5.41, 5.74) is 1.39. The minimum Gasteiger partial charge on any atom is -0.446 e. The molecule has 1 fully saturated rings. The van der Waals surface area contributed by atoms with E-state index in [0.717, 1.165) is 54.7 Å². The summed E-state index contributed by atoms with van der Waals surface area (Å²) in [6.45, 7) is 6.54. The minimum absolute atomic E-state index is 0.280. The molecule has 2 heterocycles. The van der Waals surface area contributed by atoms with Crippen LogP contribution in [0.5, 0.6) is 0 Å². The van der Waals surface area contributed by atoms with Crippen molar-refractivity contribution in [3.63, 3.8) is 0 Å². The van der Waals surface area contributed by atoms with Crippen LogP contribution in [0.25, 0.3) is 0 Å². The highest BCUT2D eigenvalue weighted by Gasteiger charge is 2.38. The number of nitrogens with zero attached hydrogens (tertiary/aromatic N) is 3. The van der Waals surface area contributed by atoms with E-state index in [1.807, 2.05) is 6.92 Å². The molecule has 0 aliphatic heterocycles. The van der Waals surface area contributed by atoms with Crippen molar-refractivity contribution in [3.8, 4) is 0 Å². The van der Waals surface area contributed by atoms with Gasteiger partial charge in [0.05, 0.1) is 5.69 Å². The normalized spacial score (nSPS) is 26.4. The molecule has 1 saturated carbocycles. The van der Waals surface area contributed by atoms with Gasteiger partial charge in [-0.2, -0.15) is 4.98 Å². The average Bonchev–Trinajstić information content (AvgIpc) is 3.17. The predicted molar refractivity (Wildman–Crippen MR) is 85.3 cm³/mol. The van der Waals surface area contributed by atoms with E-state index < -0.39 is 0 Å². The van der Waals surface area contributed by atoms with Gasteiger partial charge in [-0.05, 0) is 31.1 Å². The van der Waals surface area contributed by atoms with Crippen molar-refractivity contribution in [1.29, 1.82) is 0 Å². The summed E-state index contributed by atoms with van der Waals surface area (Å²) in [5, 5.41) is 4.29. The first-order chi connectivity index (χ1) is 11.0. The van der Waals surface area contributed by atoms with Gasteiger partial charge in [0.2, 0.25) is 5.89 Å². The van der Waals surface area contributed by atoms with E-state index in [1.165, 1.54) is 19.3 Å². The third-order valence-corrected chi connectivity index (χ3v) is 5.65. The Balaban J connectivity index is 1.53. The fourth-order valence-corrected chi connectivity index (χ4v) is 4.34. The molecule has 2 atom stereocenters. The minimum atomic E-state index is 0.280. The van der Waals surface area contributed by atoms with Crippen LogP contribution in [0.3, 0.4) is 0 Å². The summed E-state index contributed by atoms with van der Waals surface area (Å²) in [7, 11) is 0. The summed E-state index contributed by atoms with van der Waals surface area (Å²) in [6, 6.07) is 0. The van der Waals surface area contributed by atoms with Gasteiger partial charge in [0.25, 0.3) is 0 Å². The van der Waals surface area contributed by atoms with E-state index in [-0.39, 0.29) is 5.41 Å². The lowest BCUT2D eigenvalue weighted by atomic mass is 9.81. The quantitative estimate of drug-likeness (QED) is 0.843. The molecule has 2 aliphatic rings. The Morgan fingerprint density at radius 3 is 2.83 bits per heavy atom. The van der Waals surface area contributed by atoms with Gasteiger partial charge in [0.15, 0.2) is 11.7 Å². The molecule has 2 aliphatic carbocycles. The largest absolute Gasteiger partial charge is 0.446 e. The topological polar surface area (TPSA) is 65.0 Å². The number of aromatic nitrogens is 3. The van der Waals surface area contributed by atoms with Crippen LogP contribution in [0.2, 0.25) is 0 Å². The smallest absolute Gasteiger partial charge is 0.227 e. The monoisotopic (exact) mass is 315 g/mol. The zero-order valence-corrected chi connectivity index (χ0v) is 14.3. The highest BCUT2D eigenvalue weighted by Crippen LogP contribution is 2.47. The van der Waals surface area contributed by atoms with Crippen LogP contribution in [0.1, 0.15) is 86.8 Å². The van der Waals surface area contributed by atoms with Gasteiger partial charge >= 0.3 is 0 Å². The summed E-state index contributed by atoms with van der Waals surface area (Å²) >= 11 is 0. The number of oxazole rings is 1. The molecule has 5 heteroatoms. The zero-order chi connectivity index (χ0) is 16.0. The van der Waals surface area contributed by atoms with Crippen LogP contribution < -0.4 is 0 Å². The second-order valence-electron chi connectivity index (χ2n) is 7.81. The van der Waals surface area contributed by atoms with Crippen LogP contribution in [0.4, 0.5) is 0 Å². The number of hydrogen-bond donors (Lipinski definition) is 0. The van der Waals surface area contributed by atoms with Crippen LogP contribution in [-0.4, -0.2) is 15.1 Å². The van der Waals surface area contributed by atoms with Gasteiger partial charge in [-0.15, -0.1) is 0 Å². The maximum atomic E-state index is 5.71. The first-order valence-electron chi connectivity index (χ1n) is 8.81. The van der Waals surface area contributed by atoms with Crippen LogP contribution in [0.15, 0.2) is 8.94 Å². The fraction of sp³-hybridized carbons (Fsp3) is 0.722. The number of fused-ring (bicyclic) bond motifs is 1. The predicted octanol–water partition coefficient (Wildman–Crippen LogP) is 4.32. The van der Waals surface area contributed by atoms with Crippen molar-refractivity contribution in [2.45, 2.75) is 77.6 Å². The Morgan fingerprint density at radius 1 is 1.17 bits per heavy atom. The molecule has 0 saturated heterocycles. The molecule has 0 N–H and O–H groups in total. The van der Waals surface area contributed by atoms with Gasteiger partial charge in [0, 0.05) is 31.6 Å². The first-order valence-corrected chi connectivity index (χ1v) is 8.81. The molecule has 23 heavy (non-hydrogen) atoms. The van der Waals surface area contributed by atoms with Gasteiger partial charge < -0.3 is 8.94 Å². The van der Waals surface area contributed by atoms with E-state index in [4.69, 9.17) is 13.9 Å². The molecular formula is C18H25N3O2. The lowest BCUT2D eigenvalue weighted by Gasteiger charge is -2.23. The van der Waals surface area contributed by atoms with Crippen molar-refractivity contribution < 1.29 is 8.94 Å². The molecule has 0 amide bonds. The van der Waals surface area contributed by atoms with Crippen molar-refractivity contribution in [3.05, 3.63) is 29.1 Å². The zero-order valence-electron chi connectivity index (χ0n) is 14.3. The molecule has 0 aromatic carbocycles. The molecule has 0 bridgehead atoms. The lowest BCUT2D eigenvalue weighted by molar-refractivity contribution is 0.305. The third kappa shape index (κ3) is 2.70. The average molecular weight is 315 g/mol. The number of hydrogen-bond acceptors (Lipinski definition) is 5. The Hall–Kier alpha value is -1.65. The van der Waals surface area contributed by atoms with Crippen molar-refractivity contribution in [2.75, 3.05) is 0 Å². The highest BCUT2D eigenvalue weighted by molar-refractivity contribution is 5.20. The van der Waals surface area contributed by atoms with Gasteiger partial charge in [-0.3, -0.25) is 0 Å². The molecule has 124 valence electrons. The highest BCUT2D eigenvalue weighted by atomic mass is 16.5. The number of rotatable bonds is 3. The molecule has 4 rings (SSSR count). The van der Waals surface area contributed by atoms with E-state index in [0.29, 0.717) is 11.8 Å². The molecule has 2 aromatic rings. The van der Waals surface area contributed by atoms with Crippen molar-refractivity contribution in [1.82, 2.24) is 15.1 Å². The van der Waals surface area contributed by atoms with E-state index in [2.05, 4.69) is 24.0 Å². The van der Waals surface area contributed by atoms with E-state index >= 15 is 0 Å². The molecule has 0 spiro atoms. The number of aryl methyl sites for hydroxylation is 2. The lowest BCUT2D eigenvalue weighted by Crippen LogP contribution is -2.16. The van der Waals surface area contributed by atoms with Crippen molar-refractivity contribution >= 4 is 0 Å². The molecule has 2 aromatic heterocycles. The fourth-order valence-electron chi connectivity index (χ4n) is 4.34. The third-order valence-electron chi connectivity index (χ3n) is 5.65. The van der Waals surface area contributed by atoms with Crippen LogP contribution >= 0.6 is 0 Å². The van der Waals surface area contributed by atoms with Crippen LogP contribution in [-0.2, 0) is 12.8 Å². The first kappa shape index (κ1) is 14.9. The van der Waals surface area contributed by atoms with E-state index in [1.54, 1.807) is 0 Å². The molecule has 5 nitrogen and oxygen atoms in total. The Labute approximate surface area is 136 Å². The summed E-state index contributed by atoms with van der Waals surface area (Å²) in [4.78, 5) is 9.31. The molecule has 0 radical (unpaired) electrons. The van der Waals surface area contributed by atoms with E-state index in [9.17, 15) is 0 Å². The molecular weight excluding hydrogens is 290 g/mol. The Bertz CT molecular complexity index is 701. The molecule has 2 unspecified atom stereocenters. The second kappa shape index (κ2) is 5.46. The maximum absolute atomic E-state index is 5.71. The van der Waals surface area contributed by atoms with Crippen molar-refractivity contribution in [2.24, 2.45) is 5.41 Å². The maximum Gasteiger partial charge on any atom is 0.227 e. The van der Waals surface area contributed by atoms with Gasteiger partial charge in [-0.1, -0.05) is 25.4 Å². The van der Waals surface area contributed by atoms with Gasteiger partial charge in [-0.25, -0.2) is 4.98 Å². The summed E-state index contributed by atoms with van der Waals surface area (Å²) in [5.74, 6) is 4.24. The second-order valence-corrected chi connectivity index (χ2v) is 7.81. The summed E-state index contributed by atoms with van der Waals surface area (Å²) in [6.07, 6.45) is 7.70. The van der Waals surface area contributed by atoms with Crippen LogP contribution in [0, 0.1) is 12.3 Å².